The second-order valence-corrected chi connectivity index (χ2v) is 19.1. The highest BCUT2D eigenvalue weighted by Gasteiger charge is 2.71. The van der Waals surface area contributed by atoms with Crippen molar-refractivity contribution in [3.05, 3.63) is 115 Å². The van der Waals surface area contributed by atoms with Crippen LogP contribution in [0, 0.1) is 11.8 Å². The molecule has 2 aliphatic rings. The smallest absolute Gasteiger partial charge is 0.430 e. The molecule has 0 aliphatic carbocycles. The predicted molar refractivity (Wildman–Crippen MR) is 259 cm³/mol. The number of benzene rings is 3. The quantitative estimate of drug-likeness (QED) is 0.0573. The van der Waals surface area contributed by atoms with Crippen LogP contribution in [0.1, 0.15) is 82.7 Å². The number of hydrogen-bond donors (Lipinski definition) is 6. The summed E-state index contributed by atoms with van der Waals surface area (Å²) < 4.78 is 90.1. The summed E-state index contributed by atoms with van der Waals surface area (Å²) in [6.07, 6.45) is -8.25. The number of nitrogens with zero attached hydrogens (tertiary/aromatic N) is 5. The van der Waals surface area contributed by atoms with E-state index in [-0.39, 0.29) is 35.4 Å². The van der Waals surface area contributed by atoms with E-state index in [9.17, 15) is 55.7 Å². The van der Waals surface area contributed by atoms with Gasteiger partial charge in [-0.3, -0.25) is 9.59 Å². The lowest BCUT2D eigenvalue weighted by Crippen LogP contribution is -2.53. The molecule has 0 saturated carbocycles. The summed E-state index contributed by atoms with van der Waals surface area (Å²) in [7, 11) is 1.23. The van der Waals surface area contributed by atoms with Crippen LogP contribution in [-0.4, -0.2) is 113 Å². The average molecular weight is 1030 g/mol. The first-order chi connectivity index (χ1) is 35.0. The first kappa shape index (κ1) is 52.7. The number of ether oxygens (including phenoxy) is 1. The zero-order chi connectivity index (χ0) is 53.4. The summed E-state index contributed by atoms with van der Waals surface area (Å²) >= 11 is 0. The number of nitrogens with one attached hydrogen (secondary N) is 4. The Labute approximate surface area is 421 Å². The van der Waals surface area contributed by atoms with E-state index < -0.39 is 53.8 Å². The average Bonchev–Trinajstić information content (AvgIpc) is 4.23. The maximum atomic E-state index is 13.9. The Morgan fingerprint density at radius 1 is 0.635 bits per heavy atom. The number of likely N-dealkylation sites (tertiary alicyclic amines) is 2. The summed E-state index contributed by atoms with van der Waals surface area (Å²) in [5.74, 6) is -0.0476. The maximum absolute atomic E-state index is 13.9. The van der Waals surface area contributed by atoms with E-state index in [4.69, 9.17) is 4.74 Å². The van der Waals surface area contributed by atoms with Crippen LogP contribution in [0.4, 0.5) is 35.9 Å². The lowest BCUT2D eigenvalue weighted by atomic mass is 9.92. The van der Waals surface area contributed by atoms with Gasteiger partial charge in [-0.15, -0.1) is 0 Å². The summed E-state index contributed by atoms with van der Waals surface area (Å²) in [4.78, 5) is 70.0. The molecule has 5 heterocycles. The molecule has 8 rings (SSSR count). The van der Waals surface area contributed by atoms with Gasteiger partial charge in [0.1, 0.15) is 23.7 Å². The lowest BCUT2D eigenvalue weighted by molar-refractivity contribution is -0.376. The summed E-state index contributed by atoms with van der Waals surface area (Å²) in [6.45, 7) is 8.05. The molecule has 6 aromatic rings. The fourth-order valence-electron chi connectivity index (χ4n) is 9.78. The SMILES string of the molecule is COC(=O)N[C@H](C(=O)N1CCC[C@H]1c1ncc(-c2ccc(-c3ccc(-c4ccc(-c5cnc([C@@H]6CCCN6C(=O)[C@@H](NC(=O)O)C(C)C)[nH]5)cc4)n3-c3ccc(C(O)(C(F)(F)F)C(F)(F)F)cc3)cc2)[nH]1)C(C)C. The molecule has 2 aliphatic heterocycles. The van der Waals surface area contributed by atoms with E-state index in [1.807, 2.05) is 26.0 Å². The van der Waals surface area contributed by atoms with Gasteiger partial charge in [0.25, 0.3) is 5.60 Å². The Kier molecular flexibility index (Phi) is 14.7. The number of H-pyrrole nitrogens is 2. The van der Waals surface area contributed by atoms with Crippen molar-refractivity contribution in [2.75, 3.05) is 20.2 Å². The molecule has 0 unspecified atom stereocenters. The normalized spacial score (nSPS) is 17.2. The van der Waals surface area contributed by atoms with Gasteiger partial charge in [0, 0.05) is 24.3 Å². The van der Waals surface area contributed by atoms with Gasteiger partial charge in [-0.25, -0.2) is 19.6 Å². The van der Waals surface area contributed by atoms with Crippen molar-refractivity contribution < 1.29 is 60.5 Å². The Bertz CT molecular complexity index is 2970. The highest BCUT2D eigenvalue weighted by atomic mass is 19.4. The van der Waals surface area contributed by atoms with Gasteiger partial charge in [0.05, 0.1) is 54.4 Å². The summed E-state index contributed by atoms with van der Waals surface area (Å²) in [6, 6.07) is 18.7. The molecule has 16 nitrogen and oxygen atoms in total. The number of imidazole rings is 2. The number of carboxylic acid groups (broad SMARTS) is 1. The Balaban J connectivity index is 1.09. The number of rotatable bonds is 14. The minimum atomic E-state index is -6.08. The molecular formula is C52H55F6N9O7. The van der Waals surface area contributed by atoms with Gasteiger partial charge in [-0.05, 0) is 84.0 Å². The van der Waals surface area contributed by atoms with Crippen LogP contribution >= 0.6 is 0 Å². The van der Waals surface area contributed by atoms with Gasteiger partial charge in [-0.2, -0.15) is 26.3 Å². The van der Waals surface area contributed by atoms with E-state index in [0.29, 0.717) is 95.6 Å². The number of methoxy groups -OCH3 is 1. The molecule has 2 fully saturated rings. The number of aliphatic hydroxyl groups is 1. The number of halogens is 6. The number of amides is 4. The van der Waals surface area contributed by atoms with Gasteiger partial charge in [0.2, 0.25) is 11.8 Å². The maximum Gasteiger partial charge on any atom is 0.430 e. The molecule has 0 spiro atoms. The molecular weight excluding hydrogens is 977 g/mol. The number of aromatic amines is 2. The van der Waals surface area contributed by atoms with Crippen molar-refractivity contribution in [2.24, 2.45) is 11.8 Å². The van der Waals surface area contributed by atoms with Crippen LogP contribution < -0.4 is 10.6 Å². The van der Waals surface area contributed by atoms with Crippen molar-refractivity contribution in [3.63, 3.8) is 0 Å². The molecule has 0 radical (unpaired) electrons. The fourth-order valence-corrected chi connectivity index (χ4v) is 9.78. The second-order valence-electron chi connectivity index (χ2n) is 19.1. The molecule has 4 amide bonds. The zero-order valence-corrected chi connectivity index (χ0v) is 40.9. The minimum Gasteiger partial charge on any atom is -0.465 e. The van der Waals surface area contributed by atoms with Crippen LogP contribution in [0.5, 0.6) is 0 Å². The van der Waals surface area contributed by atoms with E-state index in [1.54, 1.807) is 89.1 Å². The number of alkyl halides is 6. The van der Waals surface area contributed by atoms with E-state index in [1.165, 1.54) is 7.11 Å². The molecule has 74 heavy (non-hydrogen) atoms. The monoisotopic (exact) mass is 1030 g/mol. The third-order valence-electron chi connectivity index (χ3n) is 13.7. The van der Waals surface area contributed by atoms with Crippen molar-refractivity contribution in [1.29, 1.82) is 0 Å². The van der Waals surface area contributed by atoms with E-state index in [0.717, 1.165) is 24.1 Å². The van der Waals surface area contributed by atoms with Crippen molar-refractivity contribution in [2.45, 2.75) is 95.5 Å². The van der Waals surface area contributed by atoms with Crippen molar-refractivity contribution in [1.82, 2.24) is 44.9 Å². The Hall–Kier alpha value is -7.62. The van der Waals surface area contributed by atoms with E-state index in [2.05, 4.69) is 30.6 Å². The third kappa shape index (κ3) is 10.2. The summed E-state index contributed by atoms with van der Waals surface area (Å²) in [5, 5.41) is 24.5. The highest BCUT2D eigenvalue weighted by Crippen LogP contribution is 2.50. The van der Waals surface area contributed by atoms with Gasteiger partial charge in [-0.1, -0.05) is 88.4 Å². The molecule has 0 bridgehead atoms. The van der Waals surface area contributed by atoms with Gasteiger partial charge < -0.3 is 49.9 Å². The number of carbonyl (C=O) groups is 4. The standard InChI is InChI=1S/C52H55F6N9O7/c1-28(2)42(63-48(70)71)46(68)65-24-6-8-40(65)44-59-26-36(61-44)30-10-14-32(15-11-30)38-22-23-39(67(38)35-20-18-34(19-21-35)50(73,51(53,54)55)52(56,57)58)33-16-12-31(13-17-33)37-27-60-45(62-37)41-9-7-25-66(41)47(69)43(29(3)4)64-49(72)74-5/h10-23,26-29,40-43,63,73H,6-9,24-25H2,1-5H3,(H,59,61)(H,60,62)(H,64,72)(H,70,71)/t40-,41-,42-,43-/m0/s1. The van der Waals surface area contributed by atoms with Crippen LogP contribution in [0.3, 0.4) is 0 Å². The summed E-state index contributed by atoms with van der Waals surface area (Å²) in [5.41, 5.74) is -1.40. The fraction of sp³-hybridized carbons (Fsp3) is 0.385. The van der Waals surface area contributed by atoms with E-state index >= 15 is 0 Å². The molecule has 2 saturated heterocycles. The van der Waals surface area contributed by atoms with Crippen molar-refractivity contribution in [3.8, 4) is 50.7 Å². The lowest BCUT2D eigenvalue weighted by Gasteiger charge is -2.32. The molecule has 3 aromatic carbocycles. The largest absolute Gasteiger partial charge is 0.465 e. The van der Waals surface area contributed by atoms with Crippen LogP contribution in [0.15, 0.2) is 97.3 Å². The number of aromatic nitrogens is 5. The molecule has 22 heteroatoms. The second kappa shape index (κ2) is 20.7. The minimum absolute atomic E-state index is 0.186. The first-order valence-electron chi connectivity index (χ1n) is 24.0. The molecule has 3 aromatic heterocycles. The Morgan fingerprint density at radius 2 is 1.04 bits per heavy atom. The number of hydrogen-bond acceptors (Lipinski definition) is 8. The van der Waals surface area contributed by atoms with Gasteiger partial charge >= 0.3 is 24.5 Å². The number of carbonyl (C=O) groups excluding carboxylic acids is 3. The molecule has 6 N–H and O–H groups in total. The molecule has 4 atom stereocenters. The van der Waals surface area contributed by atoms with Crippen LogP contribution in [-0.2, 0) is 19.9 Å². The van der Waals surface area contributed by atoms with Gasteiger partial charge in [0.15, 0.2) is 0 Å². The molecule has 392 valence electrons. The first-order valence-corrected chi connectivity index (χ1v) is 24.0. The Morgan fingerprint density at radius 3 is 1.42 bits per heavy atom. The zero-order valence-electron chi connectivity index (χ0n) is 40.9. The highest BCUT2D eigenvalue weighted by molar-refractivity contribution is 5.87. The third-order valence-corrected chi connectivity index (χ3v) is 13.7. The predicted octanol–water partition coefficient (Wildman–Crippen LogP) is 9.90. The van der Waals surface area contributed by atoms with Crippen LogP contribution in [0.25, 0.3) is 50.7 Å². The number of alkyl carbamates (subject to hydrolysis) is 1. The topological polar surface area (TPSA) is 211 Å². The van der Waals surface area contributed by atoms with Crippen molar-refractivity contribution >= 4 is 24.0 Å². The van der Waals surface area contributed by atoms with Crippen LogP contribution in [0.2, 0.25) is 0 Å².